The Balaban J connectivity index is 2.19. The quantitative estimate of drug-likeness (QED) is 0.850. The fourth-order valence-corrected chi connectivity index (χ4v) is 1.80. The molecule has 4 heteroatoms. The molecule has 0 heterocycles. The van der Waals surface area contributed by atoms with Crippen LogP contribution in [0.25, 0.3) is 5.57 Å². The zero-order valence-corrected chi connectivity index (χ0v) is 11.7. The average Bonchev–Trinajstić information content (AvgIpc) is 2.50. The number of anilines is 1. The van der Waals surface area contributed by atoms with E-state index in [9.17, 15) is 5.26 Å². The van der Waals surface area contributed by atoms with Crippen molar-refractivity contribution in [3.8, 4) is 11.8 Å². The molecule has 0 unspecified atom stereocenters. The summed E-state index contributed by atoms with van der Waals surface area (Å²) < 4.78 is 5.15. The average molecular weight is 285 g/mol. The normalized spacial score (nSPS) is 10.8. The van der Waals surface area contributed by atoms with Crippen LogP contribution in [0.2, 0.25) is 5.02 Å². The monoisotopic (exact) mass is 284 g/mol. The van der Waals surface area contributed by atoms with E-state index in [1.807, 2.05) is 36.4 Å². The molecule has 0 bridgehead atoms. The molecule has 0 aliphatic carbocycles. The second kappa shape index (κ2) is 6.65. The lowest BCUT2D eigenvalue weighted by molar-refractivity contribution is 0.415. The molecule has 0 atom stereocenters. The number of hydrogen-bond donors (Lipinski definition) is 1. The van der Waals surface area contributed by atoms with E-state index in [-0.39, 0.29) is 0 Å². The van der Waals surface area contributed by atoms with E-state index in [2.05, 4.69) is 11.4 Å². The summed E-state index contributed by atoms with van der Waals surface area (Å²) >= 11 is 5.83. The van der Waals surface area contributed by atoms with Crippen LogP contribution in [-0.4, -0.2) is 7.11 Å². The van der Waals surface area contributed by atoms with Crippen molar-refractivity contribution in [1.29, 1.82) is 5.26 Å². The van der Waals surface area contributed by atoms with Crippen molar-refractivity contribution in [1.82, 2.24) is 0 Å². The van der Waals surface area contributed by atoms with E-state index in [1.165, 1.54) is 0 Å². The molecule has 0 saturated carbocycles. The standard InChI is InChI=1S/C16H13ClN2O/c1-20-16-4-2-3-15(9-16)19-11-13(10-18)12-5-7-14(17)8-6-12/h2-9,11,19H,1H3/b13-11+. The fraction of sp³-hybridized carbons (Fsp3) is 0.0625. The van der Waals surface area contributed by atoms with Crippen LogP contribution in [0.15, 0.2) is 54.7 Å². The van der Waals surface area contributed by atoms with Crippen LogP contribution >= 0.6 is 11.6 Å². The number of nitrogens with zero attached hydrogens (tertiary/aromatic N) is 1. The van der Waals surface area contributed by atoms with Gasteiger partial charge in [-0.1, -0.05) is 29.8 Å². The Bertz CT molecular complexity index is 657. The molecule has 0 aliphatic rings. The third-order valence-corrected chi connectivity index (χ3v) is 2.98. The highest BCUT2D eigenvalue weighted by Crippen LogP contribution is 2.20. The minimum Gasteiger partial charge on any atom is -0.497 e. The molecule has 0 saturated heterocycles. The molecule has 20 heavy (non-hydrogen) atoms. The van der Waals surface area contributed by atoms with Crippen LogP contribution in [-0.2, 0) is 0 Å². The van der Waals surface area contributed by atoms with Crippen LogP contribution in [0.5, 0.6) is 5.75 Å². The van der Waals surface area contributed by atoms with Crippen molar-refractivity contribution in [3.63, 3.8) is 0 Å². The first-order valence-electron chi connectivity index (χ1n) is 6.00. The first-order valence-corrected chi connectivity index (χ1v) is 6.37. The molecule has 2 rings (SSSR count). The van der Waals surface area contributed by atoms with E-state index in [0.717, 1.165) is 17.0 Å². The highest BCUT2D eigenvalue weighted by atomic mass is 35.5. The van der Waals surface area contributed by atoms with E-state index >= 15 is 0 Å². The van der Waals surface area contributed by atoms with Crippen molar-refractivity contribution in [2.24, 2.45) is 0 Å². The maximum Gasteiger partial charge on any atom is 0.120 e. The Hall–Kier alpha value is -2.44. The SMILES string of the molecule is COc1cccc(N/C=C(\C#N)c2ccc(Cl)cc2)c1. The van der Waals surface area contributed by atoms with Crippen LogP contribution < -0.4 is 10.1 Å². The van der Waals surface area contributed by atoms with Gasteiger partial charge in [-0.3, -0.25) is 0 Å². The van der Waals surface area contributed by atoms with Gasteiger partial charge < -0.3 is 10.1 Å². The van der Waals surface area contributed by atoms with Gasteiger partial charge in [0.1, 0.15) is 11.8 Å². The van der Waals surface area contributed by atoms with Gasteiger partial charge in [0, 0.05) is 23.0 Å². The molecule has 2 aromatic rings. The molecular weight excluding hydrogens is 272 g/mol. The largest absolute Gasteiger partial charge is 0.497 e. The number of halogens is 1. The Morgan fingerprint density at radius 3 is 2.65 bits per heavy atom. The van der Waals surface area contributed by atoms with Gasteiger partial charge in [-0.25, -0.2) is 0 Å². The minimum atomic E-state index is 0.532. The Kier molecular flexibility index (Phi) is 4.65. The molecule has 1 N–H and O–H groups in total. The topological polar surface area (TPSA) is 45.0 Å². The first kappa shape index (κ1) is 14.0. The Morgan fingerprint density at radius 2 is 2.00 bits per heavy atom. The third kappa shape index (κ3) is 3.53. The highest BCUT2D eigenvalue weighted by molar-refractivity contribution is 6.30. The number of ether oxygens (including phenoxy) is 1. The predicted molar refractivity (Wildman–Crippen MR) is 81.7 cm³/mol. The van der Waals surface area contributed by atoms with Crippen LogP contribution in [0.1, 0.15) is 5.56 Å². The second-order valence-electron chi connectivity index (χ2n) is 4.05. The smallest absolute Gasteiger partial charge is 0.120 e. The molecule has 0 amide bonds. The maximum absolute atomic E-state index is 9.21. The molecule has 100 valence electrons. The summed E-state index contributed by atoms with van der Waals surface area (Å²) in [4.78, 5) is 0. The Morgan fingerprint density at radius 1 is 1.25 bits per heavy atom. The van der Waals surface area contributed by atoms with E-state index in [0.29, 0.717) is 10.6 Å². The van der Waals surface area contributed by atoms with Gasteiger partial charge in [0.15, 0.2) is 0 Å². The Labute approximate surface area is 123 Å². The van der Waals surface area contributed by atoms with Crippen LogP contribution in [0.3, 0.4) is 0 Å². The van der Waals surface area contributed by atoms with Gasteiger partial charge >= 0.3 is 0 Å². The fourth-order valence-electron chi connectivity index (χ4n) is 1.68. The molecule has 0 radical (unpaired) electrons. The van der Waals surface area contributed by atoms with Gasteiger partial charge in [0.2, 0.25) is 0 Å². The first-order chi connectivity index (χ1) is 9.72. The number of rotatable bonds is 4. The van der Waals surface area contributed by atoms with Crippen molar-refractivity contribution < 1.29 is 4.74 Å². The number of allylic oxidation sites excluding steroid dienone is 1. The van der Waals surface area contributed by atoms with Gasteiger partial charge in [0.25, 0.3) is 0 Å². The lowest BCUT2D eigenvalue weighted by Gasteiger charge is -2.05. The summed E-state index contributed by atoms with van der Waals surface area (Å²) in [7, 11) is 1.61. The van der Waals surface area contributed by atoms with Crippen molar-refractivity contribution in [3.05, 3.63) is 65.3 Å². The van der Waals surface area contributed by atoms with Gasteiger partial charge in [-0.2, -0.15) is 5.26 Å². The third-order valence-electron chi connectivity index (χ3n) is 2.73. The van der Waals surface area contributed by atoms with Crippen molar-refractivity contribution >= 4 is 22.9 Å². The zero-order valence-electron chi connectivity index (χ0n) is 10.9. The summed E-state index contributed by atoms with van der Waals surface area (Å²) in [5, 5.41) is 12.9. The molecule has 2 aromatic carbocycles. The lowest BCUT2D eigenvalue weighted by atomic mass is 10.1. The number of methoxy groups -OCH3 is 1. The lowest BCUT2D eigenvalue weighted by Crippen LogP contribution is -1.92. The van der Waals surface area contributed by atoms with Crippen LogP contribution in [0, 0.1) is 11.3 Å². The van der Waals surface area contributed by atoms with E-state index < -0.39 is 0 Å². The molecular formula is C16H13ClN2O. The number of nitriles is 1. The molecule has 0 spiro atoms. The van der Waals surface area contributed by atoms with Gasteiger partial charge in [-0.05, 0) is 29.8 Å². The summed E-state index contributed by atoms with van der Waals surface area (Å²) in [5.41, 5.74) is 2.20. The van der Waals surface area contributed by atoms with Crippen LogP contribution in [0.4, 0.5) is 5.69 Å². The van der Waals surface area contributed by atoms with Crippen molar-refractivity contribution in [2.45, 2.75) is 0 Å². The summed E-state index contributed by atoms with van der Waals surface area (Å²) in [6.45, 7) is 0. The molecule has 3 nitrogen and oxygen atoms in total. The van der Waals surface area contributed by atoms with Gasteiger partial charge in [0.05, 0.1) is 12.7 Å². The van der Waals surface area contributed by atoms with E-state index in [4.69, 9.17) is 16.3 Å². The molecule has 0 aromatic heterocycles. The summed E-state index contributed by atoms with van der Waals surface area (Å²) in [5.74, 6) is 0.758. The minimum absolute atomic E-state index is 0.532. The number of nitrogens with one attached hydrogen (secondary N) is 1. The highest BCUT2D eigenvalue weighted by Gasteiger charge is 2.00. The number of benzene rings is 2. The van der Waals surface area contributed by atoms with Gasteiger partial charge in [-0.15, -0.1) is 0 Å². The molecule has 0 fully saturated rings. The predicted octanol–water partition coefficient (Wildman–Crippen LogP) is 4.33. The summed E-state index contributed by atoms with van der Waals surface area (Å²) in [6.07, 6.45) is 1.66. The maximum atomic E-state index is 9.21. The summed E-state index contributed by atoms with van der Waals surface area (Å²) in [6, 6.07) is 16.8. The zero-order chi connectivity index (χ0) is 14.4. The second-order valence-corrected chi connectivity index (χ2v) is 4.49. The number of hydrogen-bond acceptors (Lipinski definition) is 3. The van der Waals surface area contributed by atoms with Crippen molar-refractivity contribution in [2.75, 3.05) is 12.4 Å². The van der Waals surface area contributed by atoms with E-state index in [1.54, 1.807) is 25.4 Å². The molecule has 0 aliphatic heterocycles.